The number of halogens is 1. The van der Waals surface area contributed by atoms with E-state index < -0.39 is 0 Å². The molecule has 0 bridgehead atoms. The first-order valence-electron chi connectivity index (χ1n) is 6.35. The van der Waals surface area contributed by atoms with E-state index in [1.54, 1.807) is 31.3 Å². The normalized spacial score (nSPS) is 10.2. The van der Waals surface area contributed by atoms with E-state index in [2.05, 4.69) is 0 Å². The van der Waals surface area contributed by atoms with E-state index in [4.69, 9.17) is 29.6 Å². The molecule has 0 radical (unpaired) electrons. The summed E-state index contributed by atoms with van der Waals surface area (Å²) in [6, 6.07) is 12.6. The fraction of sp³-hybridized carbons (Fsp3) is 0.125. The van der Waals surface area contributed by atoms with Gasteiger partial charge in [0.2, 0.25) is 0 Å². The van der Waals surface area contributed by atoms with Gasteiger partial charge in [0.1, 0.15) is 4.99 Å². The van der Waals surface area contributed by atoms with Crippen LogP contribution < -0.4 is 10.6 Å². The van der Waals surface area contributed by atoms with Crippen molar-refractivity contribution in [1.29, 1.82) is 0 Å². The Kier molecular flexibility index (Phi) is 4.60. The highest BCUT2D eigenvalue weighted by molar-refractivity contribution is 7.80. The van der Waals surface area contributed by atoms with E-state index in [9.17, 15) is 4.79 Å². The van der Waals surface area contributed by atoms with Gasteiger partial charge in [-0.3, -0.25) is 4.79 Å². The minimum Gasteiger partial charge on any atom is -0.389 e. The van der Waals surface area contributed by atoms with Crippen LogP contribution in [0.25, 0.3) is 0 Å². The lowest BCUT2D eigenvalue weighted by atomic mass is 10.1. The van der Waals surface area contributed by atoms with Gasteiger partial charge in [-0.25, -0.2) is 0 Å². The molecule has 0 fully saturated rings. The third kappa shape index (κ3) is 3.23. The number of benzene rings is 2. The van der Waals surface area contributed by atoms with E-state index in [-0.39, 0.29) is 10.9 Å². The van der Waals surface area contributed by atoms with Crippen LogP contribution >= 0.6 is 23.8 Å². The number of nitrogens with two attached hydrogens (primary N) is 1. The Labute approximate surface area is 134 Å². The molecule has 2 N–H and O–H groups in total. The molecule has 0 aliphatic carbocycles. The number of rotatable bonds is 3. The third-order valence-corrected chi connectivity index (χ3v) is 3.72. The molecule has 0 aliphatic rings. The molecule has 0 heterocycles. The predicted molar refractivity (Wildman–Crippen MR) is 91.3 cm³/mol. The van der Waals surface area contributed by atoms with Gasteiger partial charge in [0.25, 0.3) is 5.91 Å². The molecule has 0 spiro atoms. The number of thiocarbonyl (C=S) groups is 1. The molecule has 0 aromatic heterocycles. The number of amides is 1. The second kappa shape index (κ2) is 6.24. The number of hydrogen-bond acceptors (Lipinski definition) is 2. The summed E-state index contributed by atoms with van der Waals surface area (Å²) >= 11 is 11.2. The quantitative estimate of drug-likeness (QED) is 0.880. The number of carbonyl (C=O) groups is 1. The molecule has 0 saturated heterocycles. The summed E-state index contributed by atoms with van der Waals surface area (Å²) in [5.74, 6) is -0.205. The van der Waals surface area contributed by atoms with Gasteiger partial charge in [-0.15, -0.1) is 0 Å². The fourth-order valence-corrected chi connectivity index (χ4v) is 2.55. The monoisotopic (exact) mass is 318 g/mol. The zero-order valence-electron chi connectivity index (χ0n) is 11.8. The van der Waals surface area contributed by atoms with E-state index in [1.807, 2.05) is 25.1 Å². The maximum Gasteiger partial charge on any atom is 0.259 e. The van der Waals surface area contributed by atoms with E-state index >= 15 is 0 Å². The molecule has 2 rings (SSSR count). The lowest BCUT2D eigenvalue weighted by Gasteiger charge is -2.21. The summed E-state index contributed by atoms with van der Waals surface area (Å²) in [4.78, 5) is 14.4. The number of anilines is 1. The average molecular weight is 319 g/mol. The highest BCUT2D eigenvalue weighted by Crippen LogP contribution is 2.24. The SMILES string of the molecule is Cc1ccc(C(=O)N(C)c2ccccc2C(N)=S)c(Cl)c1. The van der Waals surface area contributed by atoms with Crippen molar-refractivity contribution in [1.82, 2.24) is 0 Å². The average Bonchev–Trinajstić information content (AvgIpc) is 2.45. The summed E-state index contributed by atoms with van der Waals surface area (Å²) < 4.78 is 0. The summed E-state index contributed by atoms with van der Waals surface area (Å²) in [6.07, 6.45) is 0. The maximum absolute atomic E-state index is 12.6. The Morgan fingerprint density at radius 1 is 1.19 bits per heavy atom. The molecule has 21 heavy (non-hydrogen) atoms. The first kappa shape index (κ1) is 15.5. The van der Waals surface area contributed by atoms with Crippen molar-refractivity contribution in [3.63, 3.8) is 0 Å². The number of aryl methyl sites for hydroxylation is 1. The van der Waals surface area contributed by atoms with Gasteiger partial charge < -0.3 is 10.6 Å². The standard InChI is InChI=1S/C16H15ClN2OS/c1-10-7-8-11(13(17)9-10)16(20)19(2)14-6-4-3-5-12(14)15(18)21/h3-9H,1-2H3,(H2,18,21). The minimum atomic E-state index is -0.205. The smallest absolute Gasteiger partial charge is 0.259 e. The second-order valence-electron chi connectivity index (χ2n) is 4.73. The maximum atomic E-state index is 12.6. The van der Waals surface area contributed by atoms with Crippen LogP contribution in [0.2, 0.25) is 5.02 Å². The van der Waals surface area contributed by atoms with Crippen LogP contribution in [-0.4, -0.2) is 17.9 Å². The molecule has 0 saturated carbocycles. The van der Waals surface area contributed by atoms with Crippen molar-refractivity contribution in [2.24, 2.45) is 5.73 Å². The van der Waals surface area contributed by atoms with Crippen molar-refractivity contribution in [2.45, 2.75) is 6.92 Å². The molecular weight excluding hydrogens is 304 g/mol. The van der Waals surface area contributed by atoms with Crippen LogP contribution in [0.1, 0.15) is 21.5 Å². The molecule has 1 amide bonds. The highest BCUT2D eigenvalue weighted by atomic mass is 35.5. The number of hydrogen-bond donors (Lipinski definition) is 1. The Bertz CT molecular complexity index is 715. The molecule has 108 valence electrons. The van der Waals surface area contributed by atoms with Crippen LogP contribution in [0.5, 0.6) is 0 Å². The van der Waals surface area contributed by atoms with Gasteiger partial charge in [-0.1, -0.05) is 42.0 Å². The number of carbonyl (C=O) groups excluding carboxylic acids is 1. The number of para-hydroxylation sites is 1. The van der Waals surface area contributed by atoms with Crippen molar-refractivity contribution in [3.05, 3.63) is 64.2 Å². The zero-order valence-corrected chi connectivity index (χ0v) is 13.3. The predicted octanol–water partition coefficient (Wildman–Crippen LogP) is 3.56. The molecular formula is C16H15ClN2OS. The van der Waals surface area contributed by atoms with Crippen LogP contribution in [0, 0.1) is 6.92 Å². The Morgan fingerprint density at radius 3 is 2.48 bits per heavy atom. The van der Waals surface area contributed by atoms with Crippen LogP contribution in [0.4, 0.5) is 5.69 Å². The summed E-state index contributed by atoms with van der Waals surface area (Å²) in [5.41, 5.74) is 8.48. The Morgan fingerprint density at radius 2 is 1.86 bits per heavy atom. The molecule has 0 aliphatic heterocycles. The van der Waals surface area contributed by atoms with Gasteiger partial charge in [0.15, 0.2) is 0 Å². The highest BCUT2D eigenvalue weighted by Gasteiger charge is 2.19. The summed E-state index contributed by atoms with van der Waals surface area (Å²) in [5, 5.41) is 0.430. The van der Waals surface area contributed by atoms with Gasteiger partial charge in [0.05, 0.1) is 16.3 Å². The van der Waals surface area contributed by atoms with Gasteiger partial charge >= 0.3 is 0 Å². The molecule has 0 atom stereocenters. The van der Waals surface area contributed by atoms with Crippen LogP contribution in [-0.2, 0) is 0 Å². The van der Waals surface area contributed by atoms with Crippen molar-refractivity contribution in [3.8, 4) is 0 Å². The summed E-state index contributed by atoms with van der Waals surface area (Å²) in [6.45, 7) is 1.92. The molecule has 5 heteroatoms. The lowest BCUT2D eigenvalue weighted by molar-refractivity contribution is 0.0993. The Hall–Kier alpha value is -1.91. The topological polar surface area (TPSA) is 46.3 Å². The van der Waals surface area contributed by atoms with Crippen molar-refractivity contribution < 1.29 is 4.79 Å². The van der Waals surface area contributed by atoms with Gasteiger partial charge in [-0.2, -0.15) is 0 Å². The van der Waals surface area contributed by atoms with E-state index in [1.165, 1.54) is 4.90 Å². The Balaban J connectivity index is 2.42. The van der Waals surface area contributed by atoms with E-state index in [0.717, 1.165) is 5.56 Å². The second-order valence-corrected chi connectivity index (χ2v) is 5.58. The van der Waals surface area contributed by atoms with E-state index in [0.29, 0.717) is 21.8 Å². The minimum absolute atomic E-state index is 0.205. The van der Waals surface area contributed by atoms with Gasteiger partial charge in [-0.05, 0) is 36.8 Å². The third-order valence-electron chi connectivity index (χ3n) is 3.19. The lowest BCUT2D eigenvalue weighted by Crippen LogP contribution is -2.29. The van der Waals surface area contributed by atoms with Crippen molar-refractivity contribution >= 4 is 40.4 Å². The zero-order chi connectivity index (χ0) is 15.6. The van der Waals surface area contributed by atoms with Gasteiger partial charge in [0, 0.05) is 12.6 Å². The summed E-state index contributed by atoms with van der Waals surface area (Å²) in [7, 11) is 1.68. The van der Waals surface area contributed by atoms with Crippen molar-refractivity contribution in [2.75, 3.05) is 11.9 Å². The molecule has 2 aromatic carbocycles. The van der Waals surface area contributed by atoms with Crippen LogP contribution in [0.3, 0.4) is 0 Å². The first-order valence-corrected chi connectivity index (χ1v) is 7.13. The van der Waals surface area contributed by atoms with Crippen LogP contribution in [0.15, 0.2) is 42.5 Å². The fourth-order valence-electron chi connectivity index (χ4n) is 2.06. The molecule has 0 unspecified atom stereocenters. The number of nitrogens with zero attached hydrogens (tertiary/aromatic N) is 1. The molecule has 3 nitrogen and oxygen atoms in total. The molecule has 2 aromatic rings. The first-order chi connectivity index (χ1) is 9.91. The largest absolute Gasteiger partial charge is 0.389 e.